The van der Waals surface area contributed by atoms with Gasteiger partial charge in [0, 0.05) is 18.7 Å². The molecular weight excluding hydrogens is 360 g/mol. The maximum absolute atomic E-state index is 12.5. The van der Waals surface area contributed by atoms with Crippen LogP contribution < -0.4 is 10.0 Å². The quantitative estimate of drug-likeness (QED) is 0.774. The molecule has 2 aromatic carbocycles. The Bertz CT molecular complexity index is 837. The van der Waals surface area contributed by atoms with E-state index in [0.717, 1.165) is 5.56 Å². The molecule has 5 nitrogen and oxygen atoms in total. The van der Waals surface area contributed by atoms with E-state index in [1.165, 1.54) is 18.2 Å². The minimum Gasteiger partial charge on any atom is -0.352 e. The van der Waals surface area contributed by atoms with Gasteiger partial charge >= 0.3 is 0 Å². The van der Waals surface area contributed by atoms with E-state index < -0.39 is 10.0 Å². The lowest BCUT2D eigenvalue weighted by atomic mass is 10.2. The highest BCUT2D eigenvalue weighted by Gasteiger charge is 2.20. The first kappa shape index (κ1) is 19.4. The van der Waals surface area contributed by atoms with Crippen LogP contribution in [0.15, 0.2) is 53.4 Å². The smallest absolute Gasteiger partial charge is 0.251 e. The minimum atomic E-state index is -3.84. The Hall–Kier alpha value is -1.89. The lowest BCUT2D eigenvalue weighted by Gasteiger charge is -2.11. The van der Waals surface area contributed by atoms with Crippen LogP contribution in [0.4, 0.5) is 0 Å². The number of halogens is 1. The molecule has 0 aliphatic carbocycles. The SMILES string of the molecule is CC(C)CNC(=O)c1ccc(Cl)c(S(=O)(=O)NCc2ccccc2)c1. The van der Waals surface area contributed by atoms with Crippen molar-refractivity contribution in [2.45, 2.75) is 25.3 Å². The normalized spacial score (nSPS) is 11.5. The lowest BCUT2D eigenvalue weighted by Crippen LogP contribution is -2.28. The van der Waals surface area contributed by atoms with Gasteiger partial charge in [0.25, 0.3) is 5.91 Å². The second-order valence-corrected chi connectivity index (χ2v) is 8.20. The van der Waals surface area contributed by atoms with Crippen LogP contribution >= 0.6 is 11.6 Å². The van der Waals surface area contributed by atoms with E-state index >= 15 is 0 Å². The summed E-state index contributed by atoms with van der Waals surface area (Å²) >= 11 is 6.04. The number of amides is 1. The van der Waals surface area contributed by atoms with Crippen molar-refractivity contribution in [1.29, 1.82) is 0 Å². The lowest BCUT2D eigenvalue weighted by molar-refractivity contribution is 0.0949. The maximum atomic E-state index is 12.5. The molecule has 2 rings (SSSR count). The van der Waals surface area contributed by atoms with Gasteiger partial charge in [-0.3, -0.25) is 4.79 Å². The van der Waals surface area contributed by atoms with Crippen LogP contribution in [0.5, 0.6) is 0 Å². The molecule has 7 heteroatoms. The van der Waals surface area contributed by atoms with Gasteiger partial charge in [-0.2, -0.15) is 0 Å². The average molecular weight is 381 g/mol. The highest BCUT2D eigenvalue weighted by molar-refractivity contribution is 7.89. The van der Waals surface area contributed by atoms with Gasteiger partial charge in [-0.1, -0.05) is 55.8 Å². The van der Waals surface area contributed by atoms with Crippen molar-refractivity contribution in [1.82, 2.24) is 10.0 Å². The van der Waals surface area contributed by atoms with Crippen LogP contribution in [0.2, 0.25) is 5.02 Å². The predicted molar refractivity (Wildman–Crippen MR) is 99.1 cm³/mol. The number of hydrogen-bond donors (Lipinski definition) is 2. The van der Waals surface area contributed by atoms with Crippen molar-refractivity contribution in [3.63, 3.8) is 0 Å². The van der Waals surface area contributed by atoms with E-state index in [1.54, 1.807) is 0 Å². The first-order chi connectivity index (χ1) is 11.8. The molecule has 1 amide bonds. The van der Waals surface area contributed by atoms with Gasteiger partial charge in [-0.15, -0.1) is 0 Å². The van der Waals surface area contributed by atoms with Gasteiger partial charge < -0.3 is 5.32 Å². The van der Waals surface area contributed by atoms with Gasteiger partial charge in [-0.05, 0) is 29.7 Å². The van der Waals surface area contributed by atoms with Gasteiger partial charge in [0.1, 0.15) is 4.90 Å². The monoisotopic (exact) mass is 380 g/mol. The standard InChI is InChI=1S/C18H21ClN2O3S/c1-13(2)11-20-18(22)15-8-9-16(19)17(10-15)25(23,24)21-12-14-6-4-3-5-7-14/h3-10,13,21H,11-12H2,1-2H3,(H,20,22). The molecule has 0 saturated carbocycles. The molecule has 134 valence electrons. The summed E-state index contributed by atoms with van der Waals surface area (Å²) in [6, 6.07) is 13.4. The molecule has 25 heavy (non-hydrogen) atoms. The maximum Gasteiger partial charge on any atom is 0.251 e. The molecule has 2 N–H and O–H groups in total. The highest BCUT2D eigenvalue weighted by atomic mass is 35.5. The van der Waals surface area contributed by atoms with Crippen molar-refractivity contribution in [3.05, 3.63) is 64.7 Å². The van der Waals surface area contributed by atoms with Crippen molar-refractivity contribution in [2.24, 2.45) is 5.92 Å². The van der Waals surface area contributed by atoms with Crippen molar-refractivity contribution in [3.8, 4) is 0 Å². The topological polar surface area (TPSA) is 75.3 Å². The van der Waals surface area contributed by atoms with Crippen LogP contribution in [-0.2, 0) is 16.6 Å². The van der Waals surface area contributed by atoms with Crippen LogP contribution in [-0.4, -0.2) is 20.9 Å². The Labute approximate surface area is 153 Å². The largest absolute Gasteiger partial charge is 0.352 e. The van der Waals surface area contributed by atoms with Crippen LogP contribution in [0.1, 0.15) is 29.8 Å². The van der Waals surface area contributed by atoms with E-state index in [1.807, 2.05) is 44.2 Å². The number of benzene rings is 2. The molecule has 0 bridgehead atoms. The fraction of sp³-hybridized carbons (Fsp3) is 0.278. The number of carbonyl (C=O) groups excluding carboxylic acids is 1. The van der Waals surface area contributed by atoms with Crippen molar-refractivity contribution < 1.29 is 13.2 Å². The number of sulfonamides is 1. The van der Waals surface area contributed by atoms with E-state index in [4.69, 9.17) is 11.6 Å². The van der Waals surface area contributed by atoms with Crippen molar-refractivity contribution in [2.75, 3.05) is 6.54 Å². The zero-order valence-corrected chi connectivity index (χ0v) is 15.7. The summed E-state index contributed by atoms with van der Waals surface area (Å²) in [5.41, 5.74) is 1.08. The molecule has 0 aliphatic rings. The number of carbonyl (C=O) groups is 1. The molecule has 0 fully saturated rings. The van der Waals surface area contributed by atoms with Crippen LogP contribution in [0.25, 0.3) is 0 Å². The average Bonchev–Trinajstić information content (AvgIpc) is 2.59. The first-order valence-corrected chi connectivity index (χ1v) is 9.77. The highest BCUT2D eigenvalue weighted by Crippen LogP contribution is 2.23. The fourth-order valence-electron chi connectivity index (χ4n) is 2.10. The summed E-state index contributed by atoms with van der Waals surface area (Å²) in [5, 5.41) is 2.83. The molecule has 0 heterocycles. The van der Waals surface area contributed by atoms with E-state index in [-0.39, 0.29) is 27.9 Å². The molecule has 0 atom stereocenters. The summed E-state index contributed by atoms with van der Waals surface area (Å²) in [6.07, 6.45) is 0. The van der Waals surface area contributed by atoms with Crippen LogP contribution in [0, 0.1) is 5.92 Å². The summed E-state index contributed by atoms with van der Waals surface area (Å²) in [6.45, 7) is 4.61. The first-order valence-electron chi connectivity index (χ1n) is 7.91. The zero-order chi connectivity index (χ0) is 18.4. The molecule has 0 aliphatic heterocycles. The molecule has 0 saturated heterocycles. The minimum absolute atomic E-state index is 0.0703. The molecule has 0 unspecified atom stereocenters. The number of hydrogen-bond acceptors (Lipinski definition) is 3. The molecule has 0 aromatic heterocycles. The van der Waals surface area contributed by atoms with Crippen molar-refractivity contribution >= 4 is 27.5 Å². The third kappa shape index (κ3) is 5.56. The fourth-order valence-corrected chi connectivity index (χ4v) is 3.64. The van der Waals surface area contributed by atoms with Gasteiger partial charge in [0.15, 0.2) is 0 Å². The summed E-state index contributed by atoms with van der Waals surface area (Å²) < 4.78 is 27.6. The van der Waals surface area contributed by atoms with Gasteiger partial charge in [-0.25, -0.2) is 13.1 Å². The molecule has 2 aromatic rings. The van der Waals surface area contributed by atoms with Crippen LogP contribution in [0.3, 0.4) is 0 Å². The molecule has 0 radical (unpaired) electrons. The molecular formula is C18H21ClN2O3S. The Balaban J connectivity index is 2.19. The second-order valence-electron chi connectivity index (χ2n) is 6.06. The third-order valence-corrected chi connectivity index (χ3v) is 5.35. The predicted octanol–water partition coefficient (Wildman–Crippen LogP) is 3.20. The Kier molecular flexibility index (Phi) is 6.58. The summed E-state index contributed by atoms with van der Waals surface area (Å²) in [7, 11) is -3.84. The zero-order valence-electron chi connectivity index (χ0n) is 14.1. The van der Waals surface area contributed by atoms with E-state index in [2.05, 4.69) is 10.0 Å². The third-order valence-electron chi connectivity index (χ3n) is 3.46. The van der Waals surface area contributed by atoms with E-state index in [9.17, 15) is 13.2 Å². The van der Waals surface area contributed by atoms with E-state index in [0.29, 0.717) is 12.5 Å². The van der Waals surface area contributed by atoms with Gasteiger partial charge in [0.05, 0.1) is 5.02 Å². The summed E-state index contributed by atoms with van der Waals surface area (Å²) in [5.74, 6) is -0.0307. The second kappa shape index (κ2) is 8.47. The Morgan fingerprint density at radius 2 is 1.80 bits per heavy atom. The Morgan fingerprint density at radius 3 is 2.44 bits per heavy atom. The Morgan fingerprint density at radius 1 is 1.12 bits per heavy atom. The van der Waals surface area contributed by atoms with Gasteiger partial charge in [0.2, 0.25) is 10.0 Å². The molecule has 0 spiro atoms. The number of nitrogens with one attached hydrogen (secondary N) is 2. The number of rotatable bonds is 7. The summed E-state index contributed by atoms with van der Waals surface area (Å²) in [4.78, 5) is 12.0.